The molecule has 0 bridgehead atoms. The van der Waals surface area contributed by atoms with Crippen LogP contribution in [0.4, 0.5) is 4.79 Å². The topological polar surface area (TPSA) is 55.4 Å². The Bertz CT molecular complexity index is 381. The summed E-state index contributed by atoms with van der Waals surface area (Å²) >= 11 is 0. The Morgan fingerprint density at radius 2 is 2.06 bits per heavy atom. The first-order valence-electron chi connectivity index (χ1n) is 5.35. The molecule has 2 unspecified atom stereocenters. The molecule has 0 aliphatic heterocycles. The van der Waals surface area contributed by atoms with Crippen molar-refractivity contribution in [2.24, 2.45) is 0 Å². The summed E-state index contributed by atoms with van der Waals surface area (Å²) < 4.78 is 16.0. The molecule has 1 amide bonds. The lowest BCUT2D eigenvalue weighted by atomic mass is 10.2. The Morgan fingerprint density at radius 1 is 1.41 bits per heavy atom. The van der Waals surface area contributed by atoms with Gasteiger partial charge in [0.2, 0.25) is 0 Å². The molecule has 0 fully saturated rings. The van der Waals surface area contributed by atoms with Crippen molar-refractivity contribution >= 4 is 16.9 Å². The molecule has 0 saturated carbocycles. The van der Waals surface area contributed by atoms with Crippen LogP contribution < -0.4 is 5.32 Å². The Hall–Kier alpha value is -1.36. The van der Waals surface area contributed by atoms with E-state index in [0.717, 1.165) is 5.56 Å². The van der Waals surface area contributed by atoms with Crippen molar-refractivity contribution in [2.75, 3.05) is 12.0 Å². The van der Waals surface area contributed by atoms with Gasteiger partial charge in [0, 0.05) is 28.9 Å². The zero-order chi connectivity index (χ0) is 12.7. The maximum Gasteiger partial charge on any atom is 0.407 e. The summed E-state index contributed by atoms with van der Waals surface area (Å²) in [5, 5.41) is 2.63. The summed E-state index contributed by atoms with van der Waals surface area (Å²) in [6, 6.07) is 9.31. The van der Waals surface area contributed by atoms with Crippen molar-refractivity contribution in [1.82, 2.24) is 5.32 Å². The fourth-order valence-corrected chi connectivity index (χ4v) is 2.15. The molecule has 4 nitrogen and oxygen atoms in total. The molecule has 2 atom stereocenters. The van der Waals surface area contributed by atoms with Crippen LogP contribution in [0.5, 0.6) is 0 Å². The van der Waals surface area contributed by atoms with Crippen molar-refractivity contribution in [3.8, 4) is 0 Å². The van der Waals surface area contributed by atoms with Crippen LogP contribution in [0, 0.1) is 0 Å². The minimum Gasteiger partial charge on any atom is -0.445 e. The van der Waals surface area contributed by atoms with Gasteiger partial charge >= 0.3 is 6.09 Å². The van der Waals surface area contributed by atoms with Crippen LogP contribution in [-0.2, 0) is 22.1 Å². The molecule has 0 spiro atoms. The number of rotatable bonds is 5. The SMILES string of the molecule is CC(CS(C)=O)NC(=O)OCc1ccccc1. The highest BCUT2D eigenvalue weighted by molar-refractivity contribution is 7.84. The van der Waals surface area contributed by atoms with Crippen molar-refractivity contribution < 1.29 is 13.7 Å². The van der Waals surface area contributed by atoms with Crippen molar-refractivity contribution in [3.63, 3.8) is 0 Å². The lowest BCUT2D eigenvalue weighted by Crippen LogP contribution is -2.36. The Balaban J connectivity index is 2.28. The standard InChI is InChI=1S/C12H17NO3S/c1-10(9-17(2)15)13-12(14)16-8-11-6-4-3-5-7-11/h3-7,10H,8-9H2,1-2H3,(H,13,14). The number of hydrogen-bond donors (Lipinski definition) is 1. The van der Waals surface area contributed by atoms with E-state index in [2.05, 4.69) is 5.32 Å². The first kappa shape index (κ1) is 13.7. The Labute approximate surface area is 104 Å². The third-order valence-electron chi connectivity index (χ3n) is 2.06. The molecule has 1 rings (SSSR count). The van der Waals surface area contributed by atoms with Gasteiger partial charge in [0.15, 0.2) is 0 Å². The van der Waals surface area contributed by atoms with Gasteiger partial charge in [-0.15, -0.1) is 0 Å². The van der Waals surface area contributed by atoms with E-state index in [4.69, 9.17) is 4.74 Å². The van der Waals surface area contributed by atoms with Gasteiger partial charge in [0.25, 0.3) is 0 Å². The number of alkyl carbamates (subject to hydrolysis) is 1. The smallest absolute Gasteiger partial charge is 0.407 e. The van der Waals surface area contributed by atoms with E-state index < -0.39 is 16.9 Å². The zero-order valence-electron chi connectivity index (χ0n) is 10.0. The van der Waals surface area contributed by atoms with Crippen LogP contribution in [0.1, 0.15) is 12.5 Å². The second-order valence-electron chi connectivity index (χ2n) is 3.85. The van der Waals surface area contributed by atoms with E-state index in [1.165, 1.54) is 0 Å². The predicted octanol–water partition coefficient (Wildman–Crippen LogP) is 1.68. The van der Waals surface area contributed by atoms with Gasteiger partial charge in [-0.05, 0) is 12.5 Å². The minimum atomic E-state index is -0.922. The van der Waals surface area contributed by atoms with Crippen LogP contribution in [-0.4, -0.2) is 28.4 Å². The van der Waals surface area contributed by atoms with E-state index in [1.54, 1.807) is 13.2 Å². The molecule has 0 saturated heterocycles. The first-order chi connectivity index (χ1) is 8.08. The van der Waals surface area contributed by atoms with Crippen molar-refractivity contribution in [3.05, 3.63) is 35.9 Å². The number of nitrogens with one attached hydrogen (secondary N) is 1. The van der Waals surface area contributed by atoms with E-state index in [0.29, 0.717) is 5.75 Å². The Kier molecular flexibility index (Phi) is 5.69. The largest absolute Gasteiger partial charge is 0.445 e. The van der Waals surface area contributed by atoms with Gasteiger partial charge in [-0.25, -0.2) is 4.79 Å². The van der Waals surface area contributed by atoms with Crippen molar-refractivity contribution in [2.45, 2.75) is 19.6 Å². The predicted molar refractivity (Wildman–Crippen MR) is 68.2 cm³/mol. The summed E-state index contributed by atoms with van der Waals surface area (Å²) in [5.41, 5.74) is 0.939. The Morgan fingerprint density at radius 3 is 2.65 bits per heavy atom. The van der Waals surface area contributed by atoms with Crippen LogP contribution in [0.25, 0.3) is 0 Å². The van der Waals surface area contributed by atoms with Crippen LogP contribution >= 0.6 is 0 Å². The highest BCUT2D eigenvalue weighted by Gasteiger charge is 2.09. The maximum absolute atomic E-state index is 11.4. The molecular weight excluding hydrogens is 238 g/mol. The van der Waals surface area contributed by atoms with Gasteiger partial charge in [0.05, 0.1) is 0 Å². The maximum atomic E-state index is 11.4. The van der Waals surface area contributed by atoms with Gasteiger partial charge in [-0.3, -0.25) is 4.21 Å². The number of amides is 1. The van der Waals surface area contributed by atoms with Crippen LogP contribution in [0.15, 0.2) is 30.3 Å². The lowest BCUT2D eigenvalue weighted by Gasteiger charge is -2.12. The van der Waals surface area contributed by atoms with Gasteiger partial charge < -0.3 is 10.1 Å². The normalized spacial score (nSPS) is 13.8. The average Bonchev–Trinajstić information content (AvgIpc) is 2.26. The molecule has 5 heteroatoms. The molecule has 17 heavy (non-hydrogen) atoms. The van der Waals surface area contributed by atoms with Crippen molar-refractivity contribution in [1.29, 1.82) is 0 Å². The summed E-state index contributed by atoms with van der Waals surface area (Å²) in [7, 11) is -0.922. The fraction of sp³-hybridized carbons (Fsp3) is 0.417. The number of carbonyl (C=O) groups is 1. The minimum absolute atomic E-state index is 0.149. The number of hydrogen-bond acceptors (Lipinski definition) is 3. The van der Waals surface area contributed by atoms with E-state index in [-0.39, 0.29) is 12.6 Å². The number of carbonyl (C=O) groups excluding carboxylic acids is 1. The van der Waals surface area contributed by atoms with Gasteiger partial charge in [0.1, 0.15) is 6.61 Å². The zero-order valence-corrected chi connectivity index (χ0v) is 10.8. The molecule has 0 aromatic heterocycles. The molecule has 0 radical (unpaired) electrons. The highest BCUT2D eigenvalue weighted by atomic mass is 32.2. The molecule has 1 aromatic carbocycles. The number of ether oxygens (including phenoxy) is 1. The molecule has 1 aromatic rings. The monoisotopic (exact) mass is 255 g/mol. The molecule has 1 N–H and O–H groups in total. The lowest BCUT2D eigenvalue weighted by molar-refractivity contribution is 0.137. The first-order valence-corrected chi connectivity index (χ1v) is 7.08. The van der Waals surface area contributed by atoms with Crippen LogP contribution in [0.2, 0.25) is 0 Å². The fourth-order valence-electron chi connectivity index (χ4n) is 1.36. The average molecular weight is 255 g/mol. The van der Waals surface area contributed by atoms with Crippen LogP contribution in [0.3, 0.4) is 0 Å². The summed E-state index contributed by atoms with van der Waals surface area (Å²) in [6.07, 6.45) is 1.12. The van der Waals surface area contributed by atoms with E-state index in [9.17, 15) is 9.00 Å². The van der Waals surface area contributed by atoms with E-state index >= 15 is 0 Å². The second-order valence-corrected chi connectivity index (χ2v) is 5.33. The summed E-state index contributed by atoms with van der Waals surface area (Å²) in [4.78, 5) is 11.4. The summed E-state index contributed by atoms with van der Waals surface area (Å²) in [5.74, 6) is 0.431. The number of benzene rings is 1. The molecule has 94 valence electrons. The second kappa shape index (κ2) is 7.06. The molecular formula is C12H17NO3S. The highest BCUT2D eigenvalue weighted by Crippen LogP contribution is 2.00. The summed E-state index contributed by atoms with van der Waals surface area (Å²) in [6.45, 7) is 2.04. The molecule has 0 heterocycles. The third-order valence-corrected chi connectivity index (χ3v) is 3.03. The third kappa shape index (κ3) is 6.06. The van der Waals surface area contributed by atoms with Gasteiger partial charge in [-0.1, -0.05) is 30.3 Å². The molecule has 0 aliphatic carbocycles. The molecule has 0 aliphatic rings. The van der Waals surface area contributed by atoms with Gasteiger partial charge in [-0.2, -0.15) is 0 Å². The quantitative estimate of drug-likeness (QED) is 0.871. The van der Waals surface area contributed by atoms with E-state index in [1.807, 2.05) is 30.3 Å².